The van der Waals surface area contributed by atoms with Crippen LogP contribution in [-0.2, 0) is 26.2 Å². The van der Waals surface area contributed by atoms with Gasteiger partial charge in [-0.3, -0.25) is 13.9 Å². The van der Waals surface area contributed by atoms with Crippen molar-refractivity contribution in [3.8, 4) is 5.75 Å². The summed E-state index contributed by atoms with van der Waals surface area (Å²) < 4.78 is 34.5. The van der Waals surface area contributed by atoms with Crippen molar-refractivity contribution in [3.63, 3.8) is 0 Å². The van der Waals surface area contributed by atoms with Gasteiger partial charge in [0.1, 0.15) is 18.3 Å². The molecule has 0 unspecified atom stereocenters. The second kappa shape index (κ2) is 13.8. The Labute approximate surface area is 258 Å². The topological polar surface area (TPSA) is 96.0 Å². The number of aryl methyl sites for hydroxylation is 1. The van der Waals surface area contributed by atoms with Crippen LogP contribution in [0.2, 0.25) is 10.0 Å². The molecule has 0 radical (unpaired) electrons. The molecule has 0 aliphatic carbocycles. The Morgan fingerprint density at radius 2 is 1.60 bits per heavy atom. The molecule has 0 fully saturated rings. The Balaban J connectivity index is 2.06. The molecule has 0 aliphatic heterocycles. The number of hydrogen-bond donors (Lipinski definition) is 1. The van der Waals surface area contributed by atoms with Gasteiger partial charge in [-0.15, -0.1) is 0 Å². The molecule has 8 nitrogen and oxygen atoms in total. The lowest BCUT2D eigenvalue weighted by atomic mass is 10.1. The Morgan fingerprint density at radius 1 is 0.976 bits per heavy atom. The molecule has 11 heteroatoms. The molecule has 3 aromatic rings. The molecular weight excluding hydrogens is 597 g/mol. The molecule has 42 heavy (non-hydrogen) atoms. The summed E-state index contributed by atoms with van der Waals surface area (Å²) in [6.07, 6.45) is 0. The molecule has 2 amide bonds. The van der Waals surface area contributed by atoms with Crippen molar-refractivity contribution in [2.24, 2.45) is 0 Å². The number of amides is 2. The Kier molecular flexibility index (Phi) is 10.9. The summed E-state index contributed by atoms with van der Waals surface area (Å²) in [5.74, 6) is -0.427. The van der Waals surface area contributed by atoms with E-state index in [1.807, 2.05) is 34.6 Å². The van der Waals surface area contributed by atoms with E-state index in [0.29, 0.717) is 28.0 Å². The molecule has 3 aromatic carbocycles. The maximum absolute atomic E-state index is 14.1. The first-order chi connectivity index (χ1) is 19.6. The molecule has 0 spiro atoms. The third kappa shape index (κ3) is 8.63. The number of hydrogen-bond acceptors (Lipinski definition) is 5. The van der Waals surface area contributed by atoms with Crippen molar-refractivity contribution in [1.82, 2.24) is 10.2 Å². The molecule has 0 aromatic heterocycles. The highest BCUT2D eigenvalue weighted by Gasteiger charge is 2.33. The van der Waals surface area contributed by atoms with Crippen molar-refractivity contribution in [2.75, 3.05) is 17.5 Å². The second-order valence-corrected chi connectivity index (χ2v) is 13.6. The van der Waals surface area contributed by atoms with Crippen LogP contribution in [-0.4, -0.2) is 49.9 Å². The number of carbonyl (C=O) groups is 2. The minimum atomic E-state index is -4.19. The second-order valence-electron chi connectivity index (χ2n) is 10.9. The Morgan fingerprint density at radius 3 is 2.14 bits per heavy atom. The van der Waals surface area contributed by atoms with Gasteiger partial charge in [0.2, 0.25) is 11.8 Å². The molecule has 3 rings (SSSR count). The van der Waals surface area contributed by atoms with Crippen molar-refractivity contribution in [1.29, 1.82) is 0 Å². The third-order valence-electron chi connectivity index (χ3n) is 6.34. The first-order valence-corrected chi connectivity index (χ1v) is 15.7. The van der Waals surface area contributed by atoms with Crippen molar-refractivity contribution >= 4 is 50.7 Å². The van der Waals surface area contributed by atoms with Gasteiger partial charge in [-0.05, 0) is 95.6 Å². The van der Waals surface area contributed by atoms with Crippen LogP contribution in [0.25, 0.3) is 0 Å². The van der Waals surface area contributed by atoms with Gasteiger partial charge < -0.3 is 15.0 Å². The minimum Gasteiger partial charge on any atom is -0.494 e. The monoisotopic (exact) mass is 633 g/mol. The van der Waals surface area contributed by atoms with E-state index in [1.54, 1.807) is 61.5 Å². The van der Waals surface area contributed by atoms with Crippen LogP contribution in [0, 0.1) is 6.92 Å². The predicted molar refractivity (Wildman–Crippen MR) is 168 cm³/mol. The fourth-order valence-corrected chi connectivity index (χ4v) is 6.01. The van der Waals surface area contributed by atoms with Gasteiger partial charge in [-0.25, -0.2) is 8.42 Å². The Hall–Kier alpha value is -3.27. The van der Waals surface area contributed by atoms with Crippen LogP contribution in [0.1, 0.15) is 45.7 Å². The van der Waals surface area contributed by atoms with Crippen LogP contribution in [0.3, 0.4) is 0 Å². The van der Waals surface area contributed by atoms with E-state index in [1.165, 1.54) is 17.0 Å². The molecule has 0 bridgehead atoms. The average molecular weight is 635 g/mol. The normalized spacial score (nSPS) is 12.4. The van der Waals surface area contributed by atoms with Crippen molar-refractivity contribution < 1.29 is 22.7 Å². The van der Waals surface area contributed by atoms with Gasteiger partial charge >= 0.3 is 0 Å². The van der Waals surface area contributed by atoms with Crippen LogP contribution >= 0.6 is 23.2 Å². The summed E-state index contributed by atoms with van der Waals surface area (Å²) >= 11 is 12.5. The van der Waals surface area contributed by atoms with Crippen LogP contribution < -0.4 is 14.4 Å². The number of ether oxygens (including phenoxy) is 1. The highest BCUT2D eigenvalue weighted by molar-refractivity contribution is 7.92. The molecule has 0 saturated heterocycles. The number of halogens is 2. The van der Waals surface area contributed by atoms with E-state index < -0.39 is 40.0 Å². The number of anilines is 1. The van der Waals surface area contributed by atoms with Crippen LogP contribution in [0.5, 0.6) is 5.75 Å². The van der Waals surface area contributed by atoms with Crippen LogP contribution in [0.15, 0.2) is 71.6 Å². The number of sulfonamides is 1. The lowest BCUT2D eigenvalue weighted by Gasteiger charge is -2.33. The smallest absolute Gasteiger partial charge is 0.264 e. The number of carbonyl (C=O) groups excluding carboxylic acids is 2. The van der Waals surface area contributed by atoms with Gasteiger partial charge in [0.25, 0.3) is 10.0 Å². The number of nitrogens with one attached hydrogen (secondary N) is 1. The fraction of sp³-hybridized carbons (Fsp3) is 0.355. The highest BCUT2D eigenvalue weighted by atomic mass is 35.5. The Bertz CT molecular complexity index is 1510. The largest absolute Gasteiger partial charge is 0.494 e. The fourth-order valence-electron chi connectivity index (χ4n) is 4.13. The molecule has 0 aliphatic rings. The van der Waals surface area contributed by atoms with E-state index >= 15 is 0 Å². The summed E-state index contributed by atoms with van der Waals surface area (Å²) in [4.78, 5) is 28.7. The molecule has 1 N–H and O–H groups in total. The summed E-state index contributed by atoms with van der Waals surface area (Å²) in [5.41, 5.74) is 1.16. The van der Waals surface area contributed by atoms with Crippen molar-refractivity contribution in [2.45, 2.75) is 64.6 Å². The van der Waals surface area contributed by atoms with Gasteiger partial charge in [-0.1, -0.05) is 47.0 Å². The van der Waals surface area contributed by atoms with Gasteiger partial charge in [0.15, 0.2) is 0 Å². The van der Waals surface area contributed by atoms with E-state index in [9.17, 15) is 18.0 Å². The molecule has 1 atom stereocenters. The standard InChI is InChI=1S/C31H37Cl2N3O5S/c1-7-41-26-14-12-25(13-15-26)36(42(39,40)27-16-8-21(2)9-17-27)20-29(37)35(22(3)30(38)34-31(4,5)6)19-23-10-11-24(32)18-28(23)33/h8-18,22H,7,19-20H2,1-6H3,(H,34,38)/t22-/m1/s1. The van der Waals surface area contributed by atoms with Gasteiger partial charge in [0.05, 0.1) is 17.2 Å². The zero-order valence-corrected chi connectivity index (χ0v) is 27.0. The molecule has 0 heterocycles. The third-order valence-corrected chi connectivity index (χ3v) is 8.72. The average Bonchev–Trinajstić information content (AvgIpc) is 2.91. The predicted octanol–water partition coefficient (Wildman–Crippen LogP) is 6.23. The minimum absolute atomic E-state index is 0.0283. The maximum atomic E-state index is 14.1. The summed E-state index contributed by atoms with van der Waals surface area (Å²) in [7, 11) is -4.19. The number of benzene rings is 3. The lowest BCUT2D eigenvalue weighted by molar-refractivity contribution is -0.140. The number of rotatable bonds is 11. The van der Waals surface area contributed by atoms with E-state index in [-0.39, 0.29) is 17.1 Å². The molecular formula is C31H37Cl2N3O5S. The zero-order chi connectivity index (χ0) is 31.2. The number of nitrogens with zero attached hydrogens (tertiary/aromatic N) is 2. The van der Waals surface area contributed by atoms with E-state index in [0.717, 1.165) is 9.87 Å². The summed E-state index contributed by atoms with van der Waals surface area (Å²) in [5, 5.41) is 3.64. The van der Waals surface area contributed by atoms with E-state index in [4.69, 9.17) is 27.9 Å². The molecule has 226 valence electrons. The first kappa shape index (κ1) is 33.2. The van der Waals surface area contributed by atoms with Gasteiger partial charge in [-0.2, -0.15) is 0 Å². The van der Waals surface area contributed by atoms with Crippen molar-refractivity contribution in [3.05, 3.63) is 87.9 Å². The maximum Gasteiger partial charge on any atom is 0.264 e. The van der Waals surface area contributed by atoms with E-state index in [2.05, 4.69) is 5.32 Å². The zero-order valence-electron chi connectivity index (χ0n) is 24.6. The summed E-state index contributed by atoms with van der Waals surface area (Å²) in [6, 6.07) is 16.8. The summed E-state index contributed by atoms with van der Waals surface area (Å²) in [6.45, 7) is 10.6. The SMILES string of the molecule is CCOc1ccc(N(CC(=O)N(Cc2ccc(Cl)cc2Cl)[C@H](C)C(=O)NC(C)(C)C)S(=O)(=O)c2ccc(C)cc2)cc1. The molecule has 0 saturated carbocycles. The lowest BCUT2D eigenvalue weighted by Crippen LogP contribution is -2.54. The van der Waals surface area contributed by atoms with Gasteiger partial charge in [0, 0.05) is 22.1 Å². The quantitative estimate of drug-likeness (QED) is 0.270. The van der Waals surface area contributed by atoms with Crippen LogP contribution in [0.4, 0.5) is 5.69 Å². The highest BCUT2D eigenvalue weighted by Crippen LogP contribution is 2.28. The first-order valence-electron chi connectivity index (χ1n) is 13.5.